The summed E-state index contributed by atoms with van der Waals surface area (Å²) in [6.45, 7) is 10.8. The third kappa shape index (κ3) is 4.63. The molecular formula is C13H22N2. The Morgan fingerprint density at radius 1 is 1.40 bits per heavy atom. The van der Waals surface area contributed by atoms with Crippen molar-refractivity contribution in [1.29, 1.82) is 0 Å². The average Bonchev–Trinajstić information content (AvgIpc) is 2.32. The normalized spacial score (nSPS) is 21.0. The van der Waals surface area contributed by atoms with Gasteiger partial charge in [0.05, 0.1) is 0 Å². The number of hydrogen-bond acceptors (Lipinski definition) is 2. The van der Waals surface area contributed by atoms with Crippen molar-refractivity contribution < 1.29 is 0 Å². The number of allylic oxidation sites excluding steroid dienone is 5. The highest BCUT2D eigenvalue weighted by Gasteiger charge is 2.04. The van der Waals surface area contributed by atoms with Gasteiger partial charge in [-0.15, -0.1) is 0 Å². The van der Waals surface area contributed by atoms with E-state index in [0.29, 0.717) is 6.67 Å². The molecule has 15 heavy (non-hydrogen) atoms. The van der Waals surface area contributed by atoms with E-state index in [1.54, 1.807) is 0 Å². The molecule has 2 heteroatoms. The number of nitrogens with one attached hydrogen (secondary N) is 1. The third-order valence-electron chi connectivity index (χ3n) is 2.04. The van der Waals surface area contributed by atoms with Crippen LogP contribution in [0.1, 0.15) is 34.6 Å². The lowest BCUT2D eigenvalue weighted by Crippen LogP contribution is -2.20. The Kier molecular flexibility index (Phi) is 7.33. The van der Waals surface area contributed by atoms with E-state index in [0.717, 1.165) is 11.3 Å². The minimum absolute atomic E-state index is 0.681. The summed E-state index contributed by atoms with van der Waals surface area (Å²) in [6.07, 6.45) is 8.20. The van der Waals surface area contributed by atoms with Crippen molar-refractivity contribution >= 4 is 6.21 Å². The number of aliphatic imine (C=N–C) groups is 1. The van der Waals surface area contributed by atoms with E-state index in [2.05, 4.69) is 35.5 Å². The molecule has 0 atom stereocenters. The molecule has 2 nitrogen and oxygen atoms in total. The van der Waals surface area contributed by atoms with E-state index < -0.39 is 0 Å². The van der Waals surface area contributed by atoms with Gasteiger partial charge in [0.1, 0.15) is 6.67 Å². The first kappa shape index (κ1) is 13.7. The topological polar surface area (TPSA) is 24.4 Å². The van der Waals surface area contributed by atoms with E-state index >= 15 is 0 Å². The van der Waals surface area contributed by atoms with Gasteiger partial charge in [0, 0.05) is 17.5 Å². The summed E-state index contributed by atoms with van der Waals surface area (Å²) >= 11 is 0. The van der Waals surface area contributed by atoms with E-state index in [-0.39, 0.29) is 0 Å². The largest absolute Gasteiger partial charge is 0.366 e. The van der Waals surface area contributed by atoms with Crippen molar-refractivity contribution in [3.63, 3.8) is 0 Å². The maximum absolute atomic E-state index is 4.15. The Morgan fingerprint density at radius 3 is 2.60 bits per heavy atom. The second kappa shape index (κ2) is 8.04. The predicted molar refractivity (Wildman–Crippen MR) is 69.1 cm³/mol. The molecule has 0 bridgehead atoms. The second-order valence-corrected chi connectivity index (χ2v) is 2.98. The van der Waals surface area contributed by atoms with Crippen LogP contribution in [0.5, 0.6) is 0 Å². The van der Waals surface area contributed by atoms with Crippen molar-refractivity contribution in [2.24, 2.45) is 4.99 Å². The molecule has 1 aliphatic rings. The van der Waals surface area contributed by atoms with Crippen LogP contribution < -0.4 is 5.32 Å². The highest BCUT2D eigenvalue weighted by atomic mass is 15.0. The third-order valence-corrected chi connectivity index (χ3v) is 2.04. The molecular weight excluding hydrogens is 184 g/mol. The summed E-state index contributed by atoms with van der Waals surface area (Å²) in [4.78, 5) is 4.15. The van der Waals surface area contributed by atoms with Crippen molar-refractivity contribution in [2.75, 3.05) is 6.67 Å². The Hall–Kier alpha value is -1.31. The van der Waals surface area contributed by atoms with E-state index in [9.17, 15) is 0 Å². The van der Waals surface area contributed by atoms with Crippen molar-refractivity contribution in [2.45, 2.75) is 34.6 Å². The van der Waals surface area contributed by atoms with Gasteiger partial charge in [0.25, 0.3) is 0 Å². The molecule has 0 unspecified atom stereocenters. The van der Waals surface area contributed by atoms with Gasteiger partial charge < -0.3 is 5.32 Å². The molecule has 0 saturated carbocycles. The average molecular weight is 206 g/mol. The molecule has 0 aromatic heterocycles. The minimum atomic E-state index is 0.681. The minimum Gasteiger partial charge on any atom is -0.366 e. The lowest BCUT2D eigenvalue weighted by Gasteiger charge is -2.14. The molecule has 84 valence electrons. The highest BCUT2D eigenvalue weighted by molar-refractivity contribution is 5.85. The summed E-state index contributed by atoms with van der Waals surface area (Å²) in [6, 6.07) is 0. The first-order valence-electron chi connectivity index (χ1n) is 5.53. The summed E-state index contributed by atoms with van der Waals surface area (Å²) in [5.74, 6) is 0. The van der Waals surface area contributed by atoms with Gasteiger partial charge in [-0.1, -0.05) is 31.6 Å². The second-order valence-electron chi connectivity index (χ2n) is 2.98. The smallest absolute Gasteiger partial charge is 0.107 e. The molecule has 1 aliphatic heterocycles. The molecule has 1 heterocycles. The van der Waals surface area contributed by atoms with Crippen molar-refractivity contribution in [3.05, 3.63) is 35.1 Å². The Bertz CT molecular complexity index is 294. The predicted octanol–water partition coefficient (Wildman–Crippen LogP) is 3.44. The summed E-state index contributed by atoms with van der Waals surface area (Å²) in [5, 5.41) is 3.24. The van der Waals surface area contributed by atoms with Crippen LogP contribution in [0.4, 0.5) is 0 Å². The zero-order valence-corrected chi connectivity index (χ0v) is 10.5. The Morgan fingerprint density at radius 2 is 2.07 bits per heavy atom. The van der Waals surface area contributed by atoms with Gasteiger partial charge in [-0.05, 0) is 26.8 Å². The van der Waals surface area contributed by atoms with Crippen molar-refractivity contribution in [3.8, 4) is 0 Å². The summed E-state index contributed by atoms with van der Waals surface area (Å²) in [7, 11) is 0. The van der Waals surface area contributed by atoms with Crippen LogP contribution >= 0.6 is 0 Å². The van der Waals surface area contributed by atoms with Gasteiger partial charge in [-0.3, -0.25) is 4.99 Å². The van der Waals surface area contributed by atoms with Crippen LogP contribution in [0.3, 0.4) is 0 Å². The molecule has 0 aliphatic carbocycles. The number of rotatable bonds is 1. The van der Waals surface area contributed by atoms with Gasteiger partial charge >= 0.3 is 0 Å². The van der Waals surface area contributed by atoms with Gasteiger partial charge in [-0.2, -0.15) is 0 Å². The molecule has 1 rings (SSSR count). The van der Waals surface area contributed by atoms with Gasteiger partial charge in [0.15, 0.2) is 0 Å². The lowest BCUT2D eigenvalue weighted by molar-refractivity contribution is 0.827. The summed E-state index contributed by atoms with van der Waals surface area (Å²) < 4.78 is 0. The van der Waals surface area contributed by atoms with Gasteiger partial charge in [-0.25, -0.2) is 0 Å². The maximum atomic E-state index is 4.15. The standard InChI is InChI=1S/C11H16N2.C2H6/c1-4-9(3)6-11-10(5-2)7-12-8-13-11;1-2/h4-7,13H,8H2,1-3H3;1-2H3/b9-4-,10-5-,11-6+;. The van der Waals surface area contributed by atoms with E-state index in [4.69, 9.17) is 0 Å². The molecule has 0 radical (unpaired) electrons. The Balaban J connectivity index is 0.000000921. The zero-order valence-electron chi connectivity index (χ0n) is 10.5. The fourth-order valence-electron chi connectivity index (χ4n) is 1.12. The van der Waals surface area contributed by atoms with Gasteiger partial charge in [0.2, 0.25) is 0 Å². The molecule has 0 aromatic carbocycles. The number of hydrogen-bond donors (Lipinski definition) is 1. The van der Waals surface area contributed by atoms with Crippen molar-refractivity contribution in [1.82, 2.24) is 5.32 Å². The van der Waals surface area contributed by atoms with Crippen LogP contribution in [0.25, 0.3) is 0 Å². The molecule has 0 aromatic rings. The SMILES string of the molecule is CC.C\C=C(C)/C=C1/NCN=C/C1=C/C. The van der Waals surface area contributed by atoms with Crippen LogP contribution in [0.2, 0.25) is 0 Å². The molecule has 1 N–H and O–H groups in total. The molecule has 0 spiro atoms. The first-order chi connectivity index (χ1) is 7.27. The van der Waals surface area contributed by atoms with E-state index in [1.807, 2.05) is 33.9 Å². The highest BCUT2D eigenvalue weighted by Crippen LogP contribution is 2.10. The fraction of sp³-hybridized carbons (Fsp3) is 0.462. The zero-order chi connectivity index (χ0) is 11.7. The lowest BCUT2D eigenvalue weighted by atomic mass is 10.1. The summed E-state index contributed by atoms with van der Waals surface area (Å²) in [5.41, 5.74) is 3.58. The number of nitrogens with zero attached hydrogens (tertiary/aromatic N) is 1. The van der Waals surface area contributed by atoms with Crippen LogP contribution in [-0.4, -0.2) is 12.9 Å². The fourth-order valence-corrected chi connectivity index (χ4v) is 1.12. The Labute approximate surface area is 93.5 Å². The molecule has 0 saturated heterocycles. The van der Waals surface area contributed by atoms with Crippen LogP contribution in [-0.2, 0) is 0 Å². The monoisotopic (exact) mass is 206 g/mol. The molecule has 0 amide bonds. The first-order valence-corrected chi connectivity index (χ1v) is 5.53. The van der Waals surface area contributed by atoms with E-state index in [1.165, 1.54) is 5.57 Å². The van der Waals surface area contributed by atoms with Crippen LogP contribution in [0.15, 0.2) is 40.1 Å². The maximum Gasteiger partial charge on any atom is 0.107 e. The quantitative estimate of drug-likeness (QED) is 0.698. The molecule has 0 fully saturated rings. The van der Waals surface area contributed by atoms with Crippen LogP contribution in [0, 0.1) is 0 Å².